The van der Waals surface area contributed by atoms with Crippen LogP contribution in [-0.4, -0.2) is 12.6 Å². The van der Waals surface area contributed by atoms with E-state index in [2.05, 4.69) is 39.1 Å². The minimum absolute atomic E-state index is 0.425. The number of nitrogens with one attached hydrogen (secondary N) is 1. The summed E-state index contributed by atoms with van der Waals surface area (Å²) in [6.07, 6.45) is 0. The van der Waals surface area contributed by atoms with E-state index in [9.17, 15) is 0 Å². The van der Waals surface area contributed by atoms with Crippen molar-refractivity contribution < 1.29 is 4.74 Å². The van der Waals surface area contributed by atoms with Gasteiger partial charge in [0.25, 0.3) is 0 Å². The van der Waals surface area contributed by atoms with E-state index in [0.29, 0.717) is 12.0 Å². The maximum absolute atomic E-state index is 5.74. The molecule has 84 valence electrons. The van der Waals surface area contributed by atoms with E-state index >= 15 is 0 Å². The molecule has 0 radical (unpaired) electrons. The fraction of sp³-hybridized carbons (Fsp3) is 0.538. The Morgan fingerprint density at radius 2 is 1.80 bits per heavy atom. The Balaban J connectivity index is 2.68. The highest BCUT2D eigenvalue weighted by Gasteiger charge is 2.04. The Morgan fingerprint density at radius 3 is 2.40 bits per heavy atom. The van der Waals surface area contributed by atoms with E-state index in [1.54, 1.807) is 0 Å². The summed E-state index contributed by atoms with van der Waals surface area (Å²) in [6.45, 7) is 9.31. The van der Waals surface area contributed by atoms with Crippen molar-refractivity contribution in [2.24, 2.45) is 5.92 Å². The second-order valence-electron chi connectivity index (χ2n) is 4.50. The first kappa shape index (κ1) is 11.9. The summed E-state index contributed by atoms with van der Waals surface area (Å²) >= 11 is 0. The van der Waals surface area contributed by atoms with Crippen molar-refractivity contribution in [3.63, 3.8) is 0 Å². The number of rotatable bonds is 5. The van der Waals surface area contributed by atoms with E-state index in [1.165, 1.54) is 0 Å². The third-order valence-electron chi connectivity index (χ3n) is 1.90. The first-order valence-corrected chi connectivity index (χ1v) is 5.58. The topological polar surface area (TPSA) is 21.3 Å². The van der Waals surface area contributed by atoms with Crippen LogP contribution in [0.25, 0.3) is 0 Å². The third kappa shape index (κ3) is 4.24. The van der Waals surface area contributed by atoms with Gasteiger partial charge in [-0.1, -0.05) is 26.0 Å². The summed E-state index contributed by atoms with van der Waals surface area (Å²) in [5.74, 6) is 1.50. The van der Waals surface area contributed by atoms with Crippen molar-refractivity contribution in [3.05, 3.63) is 24.3 Å². The average molecular weight is 207 g/mol. The van der Waals surface area contributed by atoms with Crippen LogP contribution in [-0.2, 0) is 0 Å². The van der Waals surface area contributed by atoms with Crippen LogP contribution in [0.15, 0.2) is 24.3 Å². The normalized spacial score (nSPS) is 10.8. The Bertz CT molecular complexity index is 294. The number of hydrogen-bond donors (Lipinski definition) is 1. The minimum Gasteiger partial charge on any atom is -0.491 e. The second kappa shape index (κ2) is 5.64. The van der Waals surface area contributed by atoms with E-state index in [1.807, 2.05) is 18.2 Å². The lowest BCUT2D eigenvalue weighted by Gasteiger charge is -2.16. The predicted octanol–water partition coefficient (Wildman–Crippen LogP) is 3.54. The Morgan fingerprint density at radius 1 is 1.13 bits per heavy atom. The zero-order valence-electron chi connectivity index (χ0n) is 10.1. The monoisotopic (exact) mass is 207 g/mol. The molecule has 0 fully saturated rings. The highest BCUT2D eigenvalue weighted by molar-refractivity contribution is 5.56. The van der Waals surface area contributed by atoms with E-state index in [-0.39, 0.29) is 0 Å². The van der Waals surface area contributed by atoms with Crippen molar-refractivity contribution in [1.29, 1.82) is 0 Å². The Hall–Kier alpha value is -1.18. The molecule has 0 atom stereocenters. The quantitative estimate of drug-likeness (QED) is 0.797. The molecule has 1 aromatic carbocycles. The van der Waals surface area contributed by atoms with Gasteiger partial charge in [0.2, 0.25) is 0 Å². The first-order chi connectivity index (χ1) is 7.09. The van der Waals surface area contributed by atoms with E-state index in [0.717, 1.165) is 18.0 Å². The van der Waals surface area contributed by atoms with E-state index in [4.69, 9.17) is 4.74 Å². The molecule has 2 heteroatoms. The van der Waals surface area contributed by atoms with Gasteiger partial charge in [-0.3, -0.25) is 0 Å². The molecule has 0 aliphatic rings. The molecule has 0 amide bonds. The van der Waals surface area contributed by atoms with Crippen LogP contribution in [0.3, 0.4) is 0 Å². The van der Waals surface area contributed by atoms with Crippen LogP contribution < -0.4 is 10.1 Å². The van der Waals surface area contributed by atoms with Crippen molar-refractivity contribution in [3.8, 4) is 5.75 Å². The molecule has 2 nitrogen and oxygen atoms in total. The maximum Gasteiger partial charge on any atom is 0.142 e. The molecule has 1 aromatic rings. The standard InChI is InChI=1S/C13H21NO/c1-10(2)9-15-13-8-6-5-7-12(13)14-11(3)4/h5-8,10-11,14H,9H2,1-4H3. The number of ether oxygens (including phenoxy) is 1. The fourth-order valence-corrected chi connectivity index (χ4v) is 1.28. The summed E-state index contributed by atoms with van der Waals surface area (Å²) in [5, 5.41) is 3.37. The predicted molar refractivity (Wildman–Crippen MR) is 65.5 cm³/mol. The number of hydrogen-bond acceptors (Lipinski definition) is 2. The smallest absolute Gasteiger partial charge is 0.142 e. The molecule has 0 saturated carbocycles. The van der Waals surface area contributed by atoms with Crippen molar-refractivity contribution in [2.75, 3.05) is 11.9 Å². The Kier molecular flexibility index (Phi) is 4.47. The van der Waals surface area contributed by atoms with Crippen molar-refractivity contribution >= 4 is 5.69 Å². The fourth-order valence-electron chi connectivity index (χ4n) is 1.28. The van der Waals surface area contributed by atoms with Gasteiger partial charge in [-0.15, -0.1) is 0 Å². The first-order valence-electron chi connectivity index (χ1n) is 5.58. The zero-order chi connectivity index (χ0) is 11.3. The summed E-state index contributed by atoms with van der Waals surface area (Å²) < 4.78 is 5.74. The lowest BCUT2D eigenvalue weighted by atomic mass is 10.2. The number of anilines is 1. The van der Waals surface area contributed by atoms with Gasteiger partial charge in [0.1, 0.15) is 5.75 Å². The van der Waals surface area contributed by atoms with Crippen LogP contribution in [0, 0.1) is 5.92 Å². The van der Waals surface area contributed by atoms with Crippen LogP contribution in [0.1, 0.15) is 27.7 Å². The maximum atomic E-state index is 5.74. The number of benzene rings is 1. The SMILES string of the molecule is CC(C)COc1ccccc1NC(C)C. The molecular formula is C13H21NO. The Labute approximate surface area is 92.6 Å². The van der Waals surface area contributed by atoms with Crippen LogP contribution in [0.4, 0.5) is 5.69 Å². The van der Waals surface area contributed by atoms with Gasteiger partial charge in [0, 0.05) is 6.04 Å². The van der Waals surface area contributed by atoms with E-state index < -0.39 is 0 Å². The lowest BCUT2D eigenvalue weighted by Crippen LogP contribution is -2.12. The van der Waals surface area contributed by atoms with Gasteiger partial charge in [-0.25, -0.2) is 0 Å². The molecule has 1 rings (SSSR count). The molecule has 0 aliphatic carbocycles. The lowest BCUT2D eigenvalue weighted by molar-refractivity contribution is 0.272. The molecular weight excluding hydrogens is 186 g/mol. The molecule has 1 N–H and O–H groups in total. The summed E-state index contributed by atoms with van der Waals surface area (Å²) in [7, 11) is 0. The molecule has 0 spiro atoms. The van der Waals surface area contributed by atoms with Crippen molar-refractivity contribution in [1.82, 2.24) is 0 Å². The van der Waals surface area contributed by atoms with Gasteiger partial charge >= 0.3 is 0 Å². The number of para-hydroxylation sites is 2. The molecule has 0 aliphatic heterocycles. The van der Waals surface area contributed by atoms with Gasteiger partial charge < -0.3 is 10.1 Å². The van der Waals surface area contributed by atoms with Crippen molar-refractivity contribution in [2.45, 2.75) is 33.7 Å². The second-order valence-corrected chi connectivity index (χ2v) is 4.50. The highest BCUT2D eigenvalue weighted by Crippen LogP contribution is 2.24. The van der Waals surface area contributed by atoms with Gasteiger partial charge in [0.15, 0.2) is 0 Å². The van der Waals surface area contributed by atoms with Gasteiger partial charge in [-0.2, -0.15) is 0 Å². The molecule has 0 heterocycles. The summed E-state index contributed by atoms with van der Waals surface area (Å²) in [6, 6.07) is 8.51. The molecule has 0 aromatic heterocycles. The van der Waals surface area contributed by atoms with Gasteiger partial charge in [0.05, 0.1) is 12.3 Å². The highest BCUT2D eigenvalue weighted by atomic mass is 16.5. The van der Waals surface area contributed by atoms with Crippen LogP contribution >= 0.6 is 0 Å². The van der Waals surface area contributed by atoms with Gasteiger partial charge in [-0.05, 0) is 31.9 Å². The molecule has 0 saturated heterocycles. The third-order valence-corrected chi connectivity index (χ3v) is 1.90. The largest absolute Gasteiger partial charge is 0.491 e. The van der Waals surface area contributed by atoms with Crippen LogP contribution in [0.2, 0.25) is 0 Å². The summed E-state index contributed by atoms with van der Waals surface area (Å²) in [5.41, 5.74) is 1.08. The zero-order valence-corrected chi connectivity index (χ0v) is 10.1. The molecule has 0 unspecified atom stereocenters. The summed E-state index contributed by atoms with van der Waals surface area (Å²) in [4.78, 5) is 0. The van der Waals surface area contributed by atoms with Crippen LogP contribution in [0.5, 0.6) is 5.75 Å². The minimum atomic E-state index is 0.425. The molecule has 15 heavy (non-hydrogen) atoms. The average Bonchev–Trinajstić information content (AvgIpc) is 2.15. The molecule has 0 bridgehead atoms.